The summed E-state index contributed by atoms with van der Waals surface area (Å²) in [5.74, 6) is -4.44. The Morgan fingerprint density at radius 2 is 1.20 bits per heavy atom. The van der Waals surface area contributed by atoms with Gasteiger partial charge in [0.15, 0.2) is 0 Å². The molecule has 1 aliphatic rings. The first-order chi connectivity index (χ1) is 21.1. The molecule has 0 unspecified atom stereocenters. The molecule has 9 heteroatoms. The Kier molecular flexibility index (Phi) is 22.4. The van der Waals surface area contributed by atoms with Gasteiger partial charge in [-0.15, -0.1) is 0 Å². The molecule has 0 atom stereocenters. The molecular weight excluding hydrogens is 566 g/mol. The first kappa shape index (κ1) is 40.3. The molecule has 0 radical (unpaired) electrons. The standard InChI is InChI=1S/C35H64F2N2O5/c1-5-6-7-14-19-26-35(36,37)34(42)39(29-30-24-27-38(2)28-25-30)31(20-15-10-8-12-17-22-32(40)43-3)21-16-11-9-13-18-23-33(41)44-4/h30-31H,5-29H2,1-4H3. The van der Waals surface area contributed by atoms with Crippen LogP contribution < -0.4 is 0 Å². The van der Waals surface area contributed by atoms with E-state index in [1.807, 2.05) is 0 Å². The normalized spacial score (nSPS) is 14.6. The number of nitrogens with zero attached hydrogens (tertiary/aromatic N) is 2. The fourth-order valence-corrected chi connectivity index (χ4v) is 6.21. The summed E-state index contributed by atoms with van der Waals surface area (Å²) in [6.07, 6.45) is 17.0. The van der Waals surface area contributed by atoms with Gasteiger partial charge in [0.2, 0.25) is 0 Å². The fraction of sp³-hybridized carbons (Fsp3) is 0.914. The van der Waals surface area contributed by atoms with E-state index in [0.717, 1.165) is 129 Å². The molecule has 0 aromatic rings. The molecule has 1 saturated heterocycles. The van der Waals surface area contributed by atoms with Crippen molar-refractivity contribution in [3.8, 4) is 0 Å². The number of alkyl halides is 2. The van der Waals surface area contributed by atoms with Gasteiger partial charge >= 0.3 is 17.9 Å². The van der Waals surface area contributed by atoms with E-state index in [-0.39, 0.29) is 30.3 Å². The van der Waals surface area contributed by atoms with Crippen molar-refractivity contribution in [2.75, 3.05) is 40.9 Å². The van der Waals surface area contributed by atoms with E-state index in [1.165, 1.54) is 14.2 Å². The van der Waals surface area contributed by atoms with Gasteiger partial charge in [0.1, 0.15) is 0 Å². The number of carbonyl (C=O) groups is 3. The third-order valence-corrected chi connectivity index (χ3v) is 9.19. The predicted molar refractivity (Wildman–Crippen MR) is 173 cm³/mol. The number of likely N-dealkylation sites (tertiary alicyclic amines) is 1. The molecule has 1 amide bonds. The maximum absolute atomic E-state index is 15.5. The number of piperidine rings is 1. The van der Waals surface area contributed by atoms with Crippen LogP contribution in [0.5, 0.6) is 0 Å². The Balaban J connectivity index is 2.89. The third kappa shape index (κ3) is 18.3. The van der Waals surface area contributed by atoms with E-state index < -0.39 is 11.8 Å². The van der Waals surface area contributed by atoms with Crippen molar-refractivity contribution >= 4 is 17.8 Å². The molecule has 1 heterocycles. The van der Waals surface area contributed by atoms with Crippen LogP contribution in [0.25, 0.3) is 0 Å². The summed E-state index contributed by atoms with van der Waals surface area (Å²) in [5.41, 5.74) is 0. The Morgan fingerprint density at radius 1 is 0.750 bits per heavy atom. The number of halogens is 2. The lowest BCUT2D eigenvalue weighted by Crippen LogP contribution is -2.51. The topological polar surface area (TPSA) is 76.2 Å². The molecule has 1 rings (SSSR count). The number of hydrogen-bond acceptors (Lipinski definition) is 6. The number of esters is 2. The minimum absolute atomic E-state index is 0.190. The van der Waals surface area contributed by atoms with E-state index in [0.29, 0.717) is 25.8 Å². The molecule has 0 N–H and O–H groups in total. The summed E-state index contributed by atoms with van der Waals surface area (Å²) in [6.45, 7) is 4.38. The van der Waals surface area contributed by atoms with Gasteiger partial charge in [0.05, 0.1) is 14.2 Å². The van der Waals surface area contributed by atoms with Crippen molar-refractivity contribution in [2.24, 2.45) is 5.92 Å². The maximum Gasteiger partial charge on any atom is 0.324 e. The smallest absolute Gasteiger partial charge is 0.324 e. The first-order valence-corrected chi connectivity index (χ1v) is 17.7. The minimum atomic E-state index is -3.34. The number of rotatable bonds is 26. The lowest BCUT2D eigenvalue weighted by atomic mass is 9.92. The number of amides is 1. The lowest BCUT2D eigenvalue weighted by molar-refractivity contribution is -0.162. The molecule has 0 aromatic heterocycles. The van der Waals surface area contributed by atoms with Crippen LogP contribution in [0.4, 0.5) is 8.78 Å². The summed E-state index contributed by atoms with van der Waals surface area (Å²) in [5, 5.41) is 0. The SMILES string of the molecule is CCCCCCCC(F)(F)C(=O)N(CC1CCN(C)CC1)C(CCCCCCCC(=O)OC)CCCCCCCC(=O)OC. The second-order valence-corrected chi connectivity index (χ2v) is 13.0. The molecule has 44 heavy (non-hydrogen) atoms. The van der Waals surface area contributed by atoms with Gasteiger partial charge in [-0.05, 0) is 71.0 Å². The van der Waals surface area contributed by atoms with Gasteiger partial charge < -0.3 is 19.3 Å². The van der Waals surface area contributed by atoms with Gasteiger partial charge in [-0.1, -0.05) is 84.0 Å². The third-order valence-electron chi connectivity index (χ3n) is 9.19. The van der Waals surface area contributed by atoms with Crippen LogP contribution in [0.1, 0.15) is 148 Å². The zero-order valence-corrected chi connectivity index (χ0v) is 28.5. The van der Waals surface area contributed by atoms with E-state index in [2.05, 4.69) is 18.9 Å². The summed E-state index contributed by atoms with van der Waals surface area (Å²) in [4.78, 5) is 40.3. The Hall–Kier alpha value is -1.77. The zero-order chi connectivity index (χ0) is 32.6. The van der Waals surface area contributed by atoms with Crippen molar-refractivity contribution in [3.05, 3.63) is 0 Å². The average Bonchev–Trinajstić information content (AvgIpc) is 3.01. The molecule has 0 aliphatic carbocycles. The van der Waals surface area contributed by atoms with E-state index >= 15 is 8.78 Å². The molecule has 1 aliphatic heterocycles. The second-order valence-electron chi connectivity index (χ2n) is 13.0. The first-order valence-electron chi connectivity index (χ1n) is 17.7. The van der Waals surface area contributed by atoms with Crippen LogP contribution in [0, 0.1) is 5.92 Å². The van der Waals surface area contributed by atoms with Crippen LogP contribution in [-0.2, 0) is 23.9 Å². The molecule has 0 saturated carbocycles. The van der Waals surface area contributed by atoms with Crippen molar-refractivity contribution in [2.45, 2.75) is 160 Å². The van der Waals surface area contributed by atoms with Crippen LogP contribution in [0.2, 0.25) is 0 Å². The predicted octanol–water partition coefficient (Wildman–Crippen LogP) is 8.33. The molecule has 258 valence electrons. The largest absolute Gasteiger partial charge is 0.469 e. The van der Waals surface area contributed by atoms with Gasteiger partial charge in [-0.25, -0.2) is 0 Å². The van der Waals surface area contributed by atoms with Crippen LogP contribution in [0.15, 0.2) is 0 Å². The van der Waals surface area contributed by atoms with Gasteiger partial charge in [0.25, 0.3) is 5.91 Å². The number of carbonyl (C=O) groups excluding carboxylic acids is 3. The molecule has 0 aromatic carbocycles. The Morgan fingerprint density at radius 3 is 1.70 bits per heavy atom. The minimum Gasteiger partial charge on any atom is -0.469 e. The van der Waals surface area contributed by atoms with Crippen LogP contribution in [-0.4, -0.2) is 80.5 Å². The van der Waals surface area contributed by atoms with Crippen LogP contribution >= 0.6 is 0 Å². The van der Waals surface area contributed by atoms with Crippen molar-refractivity contribution < 1.29 is 32.6 Å². The van der Waals surface area contributed by atoms with Crippen molar-refractivity contribution in [3.63, 3.8) is 0 Å². The maximum atomic E-state index is 15.5. The number of ether oxygens (including phenoxy) is 2. The molecular formula is C35H64F2N2O5. The number of methoxy groups -OCH3 is 2. The highest BCUT2D eigenvalue weighted by atomic mass is 19.3. The Bertz CT molecular complexity index is 744. The van der Waals surface area contributed by atoms with E-state index in [1.54, 1.807) is 4.90 Å². The zero-order valence-electron chi connectivity index (χ0n) is 28.5. The summed E-state index contributed by atoms with van der Waals surface area (Å²) < 4.78 is 40.5. The monoisotopic (exact) mass is 630 g/mol. The quantitative estimate of drug-likeness (QED) is 0.0707. The summed E-state index contributed by atoms with van der Waals surface area (Å²) >= 11 is 0. The van der Waals surface area contributed by atoms with Crippen molar-refractivity contribution in [1.29, 1.82) is 0 Å². The molecule has 0 bridgehead atoms. The second kappa shape index (κ2) is 24.5. The number of hydrogen-bond donors (Lipinski definition) is 0. The lowest BCUT2D eigenvalue weighted by Gasteiger charge is -2.39. The van der Waals surface area contributed by atoms with E-state index in [9.17, 15) is 14.4 Å². The highest BCUT2D eigenvalue weighted by Crippen LogP contribution is 2.31. The van der Waals surface area contributed by atoms with Crippen molar-refractivity contribution in [1.82, 2.24) is 9.80 Å². The fourth-order valence-electron chi connectivity index (χ4n) is 6.21. The molecule has 0 spiro atoms. The van der Waals surface area contributed by atoms with Crippen LogP contribution in [0.3, 0.4) is 0 Å². The Labute approximate surface area is 267 Å². The molecule has 1 fully saturated rings. The summed E-state index contributed by atoms with van der Waals surface area (Å²) in [7, 11) is 4.89. The van der Waals surface area contributed by atoms with Gasteiger partial charge in [0, 0.05) is 31.8 Å². The summed E-state index contributed by atoms with van der Waals surface area (Å²) in [6, 6.07) is -0.196. The average molecular weight is 631 g/mol. The molecule has 7 nitrogen and oxygen atoms in total. The highest BCUT2D eigenvalue weighted by Gasteiger charge is 2.44. The van der Waals surface area contributed by atoms with Gasteiger partial charge in [-0.3, -0.25) is 14.4 Å². The van der Waals surface area contributed by atoms with Gasteiger partial charge in [-0.2, -0.15) is 8.78 Å². The highest BCUT2D eigenvalue weighted by molar-refractivity contribution is 5.83. The number of unbranched alkanes of at least 4 members (excludes halogenated alkanes) is 12. The van der Waals surface area contributed by atoms with E-state index in [4.69, 9.17) is 9.47 Å².